The SMILES string of the molecule is [C-]#[N+]c1cn(C)c(C(=O)O)c1-c1ccc(-c2ccccc2C(C)C)cc1. The zero-order chi connectivity index (χ0) is 18.8. The first-order chi connectivity index (χ1) is 12.4. The lowest BCUT2D eigenvalue weighted by molar-refractivity contribution is 0.0687. The maximum Gasteiger partial charge on any atom is 0.351 e. The summed E-state index contributed by atoms with van der Waals surface area (Å²) < 4.78 is 1.49. The van der Waals surface area contributed by atoms with Crippen molar-refractivity contribution in [1.29, 1.82) is 0 Å². The molecule has 26 heavy (non-hydrogen) atoms. The van der Waals surface area contributed by atoms with Crippen LogP contribution in [0.1, 0.15) is 35.8 Å². The molecular weight excluding hydrogens is 324 g/mol. The number of aromatic nitrogens is 1. The van der Waals surface area contributed by atoms with Crippen molar-refractivity contribution in [2.75, 3.05) is 0 Å². The van der Waals surface area contributed by atoms with Crippen molar-refractivity contribution in [3.63, 3.8) is 0 Å². The molecule has 3 rings (SSSR count). The van der Waals surface area contributed by atoms with Crippen molar-refractivity contribution in [2.45, 2.75) is 19.8 Å². The number of carbonyl (C=O) groups is 1. The van der Waals surface area contributed by atoms with E-state index < -0.39 is 5.97 Å². The molecule has 0 amide bonds. The highest BCUT2D eigenvalue weighted by atomic mass is 16.4. The summed E-state index contributed by atoms with van der Waals surface area (Å²) in [5.74, 6) is -0.626. The van der Waals surface area contributed by atoms with Gasteiger partial charge in [0.2, 0.25) is 5.69 Å². The van der Waals surface area contributed by atoms with E-state index in [0.29, 0.717) is 17.2 Å². The standard InChI is InChI=1S/C22H20N2O2/c1-14(2)17-7-5-6-8-18(17)15-9-11-16(12-10-15)20-19(23-3)13-24(4)21(20)22(25)26/h5-14H,1-2,4H3,(H,25,26). The predicted octanol–water partition coefficient (Wildman–Crippen LogP) is 5.73. The smallest absolute Gasteiger partial charge is 0.351 e. The van der Waals surface area contributed by atoms with E-state index in [0.717, 1.165) is 11.1 Å². The highest BCUT2D eigenvalue weighted by Gasteiger charge is 2.21. The van der Waals surface area contributed by atoms with Gasteiger partial charge >= 0.3 is 5.97 Å². The summed E-state index contributed by atoms with van der Waals surface area (Å²) >= 11 is 0. The van der Waals surface area contributed by atoms with Crippen LogP contribution in [0, 0.1) is 6.57 Å². The van der Waals surface area contributed by atoms with Crippen LogP contribution in [0.4, 0.5) is 5.69 Å². The van der Waals surface area contributed by atoms with Crippen molar-refractivity contribution < 1.29 is 9.90 Å². The molecule has 0 aliphatic rings. The van der Waals surface area contributed by atoms with Crippen LogP contribution >= 0.6 is 0 Å². The highest BCUT2D eigenvalue weighted by Crippen LogP contribution is 2.37. The first-order valence-electron chi connectivity index (χ1n) is 8.43. The largest absolute Gasteiger partial charge is 0.477 e. The summed E-state index contributed by atoms with van der Waals surface area (Å²) in [4.78, 5) is 15.1. The quantitative estimate of drug-likeness (QED) is 0.614. The molecular formula is C22H20N2O2. The van der Waals surface area contributed by atoms with Crippen LogP contribution in [0.5, 0.6) is 0 Å². The normalized spacial score (nSPS) is 10.7. The van der Waals surface area contributed by atoms with Gasteiger partial charge in [-0.15, -0.1) is 0 Å². The Bertz CT molecular complexity index is 1010. The molecule has 2 aromatic carbocycles. The monoisotopic (exact) mass is 344 g/mol. The van der Waals surface area contributed by atoms with E-state index in [4.69, 9.17) is 6.57 Å². The van der Waals surface area contributed by atoms with Gasteiger partial charge < -0.3 is 9.67 Å². The second-order valence-corrected chi connectivity index (χ2v) is 6.59. The zero-order valence-electron chi connectivity index (χ0n) is 15.0. The van der Waals surface area contributed by atoms with E-state index in [1.54, 1.807) is 13.2 Å². The number of rotatable bonds is 4. The fourth-order valence-corrected chi connectivity index (χ4v) is 3.32. The average Bonchev–Trinajstić information content (AvgIpc) is 2.98. The Morgan fingerprint density at radius 3 is 2.27 bits per heavy atom. The topological polar surface area (TPSA) is 46.6 Å². The van der Waals surface area contributed by atoms with Gasteiger partial charge in [-0.1, -0.05) is 62.4 Å². The first-order valence-corrected chi connectivity index (χ1v) is 8.43. The molecule has 1 heterocycles. The van der Waals surface area contributed by atoms with Gasteiger partial charge in [-0.05, 0) is 28.2 Å². The Balaban J connectivity index is 2.11. The van der Waals surface area contributed by atoms with Crippen molar-refractivity contribution in [2.24, 2.45) is 7.05 Å². The maximum atomic E-state index is 11.6. The summed E-state index contributed by atoms with van der Waals surface area (Å²) in [6, 6.07) is 16.0. The molecule has 0 radical (unpaired) electrons. The van der Waals surface area contributed by atoms with Gasteiger partial charge in [-0.2, -0.15) is 0 Å². The molecule has 1 aromatic heterocycles. The maximum absolute atomic E-state index is 11.6. The molecule has 0 fully saturated rings. The number of benzene rings is 2. The number of aryl methyl sites for hydroxylation is 1. The number of carboxylic acids is 1. The van der Waals surface area contributed by atoms with Gasteiger partial charge in [0.1, 0.15) is 5.69 Å². The third kappa shape index (κ3) is 3.00. The number of hydrogen-bond donors (Lipinski definition) is 1. The molecule has 130 valence electrons. The minimum absolute atomic E-state index is 0.131. The van der Waals surface area contributed by atoms with Crippen molar-refractivity contribution in [1.82, 2.24) is 4.57 Å². The van der Waals surface area contributed by atoms with Gasteiger partial charge in [0.25, 0.3) is 0 Å². The molecule has 0 unspecified atom stereocenters. The highest BCUT2D eigenvalue weighted by molar-refractivity contribution is 5.99. The van der Waals surface area contributed by atoms with Gasteiger partial charge in [0.05, 0.1) is 6.57 Å². The molecule has 3 aromatic rings. The van der Waals surface area contributed by atoms with Crippen LogP contribution < -0.4 is 0 Å². The van der Waals surface area contributed by atoms with Crippen LogP contribution in [0.2, 0.25) is 0 Å². The molecule has 0 atom stereocenters. The molecule has 0 saturated heterocycles. The number of carboxylic acid groups (broad SMARTS) is 1. The average molecular weight is 344 g/mol. The predicted molar refractivity (Wildman–Crippen MR) is 104 cm³/mol. The van der Waals surface area contributed by atoms with Crippen LogP contribution in [-0.2, 0) is 7.05 Å². The van der Waals surface area contributed by atoms with Crippen LogP contribution in [0.15, 0.2) is 54.7 Å². The minimum atomic E-state index is -1.04. The Morgan fingerprint density at radius 2 is 1.69 bits per heavy atom. The summed E-state index contributed by atoms with van der Waals surface area (Å²) in [6.07, 6.45) is 1.56. The second kappa shape index (κ2) is 6.89. The fraction of sp³-hybridized carbons (Fsp3) is 0.182. The lowest BCUT2D eigenvalue weighted by atomic mass is 9.91. The lowest BCUT2D eigenvalue weighted by Crippen LogP contribution is -2.05. The van der Waals surface area contributed by atoms with Gasteiger partial charge in [-0.3, -0.25) is 0 Å². The summed E-state index contributed by atoms with van der Waals surface area (Å²) in [6.45, 7) is 11.7. The molecule has 0 saturated carbocycles. The van der Waals surface area contributed by atoms with Crippen LogP contribution in [0.3, 0.4) is 0 Å². The Hall–Kier alpha value is -3.32. The van der Waals surface area contributed by atoms with Gasteiger partial charge in [0, 0.05) is 18.8 Å². The second-order valence-electron chi connectivity index (χ2n) is 6.59. The summed E-state index contributed by atoms with van der Waals surface area (Å²) in [5, 5.41) is 9.52. The molecule has 4 heteroatoms. The molecule has 4 nitrogen and oxygen atoms in total. The number of hydrogen-bond acceptors (Lipinski definition) is 1. The summed E-state index contributed by atoms with van der Waals surface area (Å²) in [7, 11) is 1.65. The Labute approximate surface area is 153 Å². The molecule has 0 spiro atoms. The minimum Gasteiger partial charge on any atom is -0.477 e. The van der Waals surface area contributed by atoms with Crippen LogP contribution in [0.25, 0.3) is 27.1 Å². The number of nitrogens with zero attached hydrogens (tertiary/aromatic N) is 2. The van der Waals surface area contributed by atoms with E-state index >= 15 is 0 Å². The third-order valence-corrected chi connectivity index (χ3v) is 4.55. The van der Waals surface area contributed by atoms with Crippen molar-refractivity contribution >= 4 is 11.7 Å². The lowest BCUT2D eigenvalue weighted by Gasteiger charge is -2.13. The van der Waals surface area contributed by atoms with Crippen LogP contribution in [-0.4, -0.2) is 15.6 Å². The van der Waals surface area contributed by atoms with Crippen molar-refractivity contribution in [3.05, 3.63) is 77.4 Å². The van der Waals surface area contributed by atoms with E-state index in [1.807, 2.05) is 36.4 Å². The van der Waals surface area contributed by atoms with Gasteiger partial charge in [-0.25, -0.2) is 9.64 Å². The van der Waals surface area contributed by atoms with E-state index in [9.17, 15) is 9.90 Å². The molecule has 0 aliphatic heterocycles. The van der Waals surface area contributed by atoms with Crippen molar-refractivity contribution in [3.8, 4) is 22.3 Å². The molecule has 0 aliphatic carbocycles. The Kier molecular flexibility index (Phi) is 4.64. The molecule has 1 N–H and O–H groups in total. The Morgan fingerprint density at radius 1 is 1.08 bits per heavy atom. The first kappa shape index (κ1) is 17.5. The number of aromatic carboxylic acids is 1. The van der Waals surface area contributed by atoms with E-state index in [2.05, 4.69) is 30.8 Å². The molecule has 0 bridgehead atoms. The van der Waals surface area contributed by atoms with E-state index in [-0.39, 0.29) is 5.69 Å². The fourth-order valence-electron chi connectivity index (χ4n) is 3.32. The van der Waals surface area contributed by atoms with E-state index in [1.165, 1.54) is 15.7 Å². The summed E-state index contributed by atoms with van der Waals surface area (Å²) in [5.41, 5.74) is 5.21. The van der Waals surface area contributed by atoms with Gasteiger partial charge in [0.15, 0.2) is 0 Å². The third-order valence-electron chi connectivity index (χ3n) is 4.55. The zero-order valence-corrected chi connectivity index (χ0v) is 15.0.